The molecule has 1 amide bonds. The molecule has 0 aliphatic heterocycles. The van der Waals surface area contributed by atoms with Gasteiger partial charge in [-0.15, -0.1) is 0 Å². The molecule has 0 fully saturated rings. The number of methoxy groups -OCH3 is 1. The first kappa shape index (κ1) is 13.0. The molecule has 0 saturated heterocycles. The van der Waals surface area contributed by atoms with Crippen LogP contribution < -0.4 is 10.1 Å². The maximum atomic E-state index is 12.0. The van der Waals surface area contributed by atoms with Crippen molar-refractivity contribution in [3.8, 4) is 5.88 Å². The molecule has 2 aromatic heterocycles. The Hall–Kier alpha value is -2.44. The Labute approximate surface area is 110 Å². The molecule has 0 saturated carbocycles. The van der Waals surface area contributed by atoms with Gasteiger partial charge in [-0.1, -0.05) is 6.07 Å². The Morgan fingerprint density at radius 2 is 2.42 bits per heavy atom. The second kappa shape index (κ2) is 5.94. The van der Waals surface area contributed by atoms with Crippen molar-refractivity contribution in [1.82, 2.24) is 25.1 Å². The van der Waals surface area contributed by atoms with Gasteiger partial charge in [-0.3, -0.25) is 4.79 Å². The van der Waals surface area contributed by atoms with Crippen molar-refractivity contribution in [2.24, 2.45) is 0 Å². The molecule has 1 atom stereocenters. The Balaban J connectivity index is 1.97. The van der Waals surface area contributed by atoms with Gasteiger partial charge in [0.25, 0.3) is 0 Å². The maximum absolute atomic E-state index is 12.0. The van der Waals surface area contributed by atoms with Gasteiger partial charge >= 0.3 is 0 Å². The lowest BCUT2D eigenvalue weighted by molar-refractivity contribution is -0.124. The number of nitrogens with one attached hydrogen (secondary N) is 1. The highest BCUT2D eigenvalue weighted by atomic mass is 16.5. The van der Waals surface area contributed by atoms with Gasteiger partial charge in [-0.05, 0) is 13.0 Å². The van der Waals surface area contributed by atoms with E-state index in [0.717, 1.165) is 5.56 Å². The minimum atomic E-state index is -0.412. The van der Waals surface area contributed by atoms with Crippen molar-refractivity contribution >= 4 is 5.91 Å². The summed E-state index contributed by atoms with van der Waals surface area (Å²) in [5.74, 6) is 0.368. The zero-order valence-corrected chi connectivity index (χ0v) is 10.8. The average molecular weight is 261 g/mol. The summed E-state index contributed by atoms with van der Waals surface area (Å²) in [5.41, 5.74) is 0.823. The van der Waals surface area contributed by atoms with Crippen molar-refractivity contribution in [2.45, 2.75) is 19.5 Å². The number of aromatic nitrogens is 4. The lowest BCUT2D eigenvalue weighted by Crippen LogP contribution is -2.31. The van der Waals surface area contributed by atoms with Crippen LogP contribution in [0.3, 0.4) is 0 Å². The third-order valence-electron chi connectivity index (χ3n) is 2.71. The topological polar surface area (TPSA) is 81.9 Å². The smallest absolute Gasteiger partial charge is 0.244 e. The van der Waals surface area contributed by atoms with Gasteiger partial charge in [0.05, 0.1) is 7.11 Å². The largest absolute Gasteiger partial charge is 0.481 e. The number of carbonyl (C=O) groups excluding carboxylic acids is 1. The van der Waals surface area contributed by atoms with Gasteiger partial charge in [0.1, 0.15) is 18.7 Å². The Morgan fingerprint density at radius 1 is 1.58 bits per heavy atom. The SMILES string of the molecule is COc1ncccc1CNC(=O)C(C)n1cncn1. The van der Waals surface area contributed by atoms with E-state index < -0.39 is 6.04 Å². The van der Waals surface area contributed by atoms with Gasteiger partial charge in [0.15, 0.2) is 0 Å². The molecule has 2 aromatic rings. The lowest BCUT2D eigenvalue weighted by atomic mass is 10.2. The third-order valence-corrected chi connectivity index (χ3v) is 2.71. The first-order valence-electron chi connectivity index (χ1n) is 5.82. The summed E-state index contributed by atoms with van der Waals surface area (Å²) in [4.78, 5) is 19.8. The molecule has 0 aromatic carbocycles. The number of pyridine rings is 1. The number of nitrogens with zero attached hydrogens (tertiary/aromatic N) is 4. The second-order valence-corrected chi connectivity index (χ2v) is 3.94. The van der Waals surface area contributed by atoms with E-state index >= 15 is 0 Å². The van der Waals surface area contributed by atoms with Crippen LogP contribution in [0.1, 0.15) is 18.5 Å². The first-order valence-corrected chi connectivity index (χ1v) is 5.82. The van der Waals surface area contributed by atoms with Crippen LogP contribution in [0.2, 0.25) is 0 Å². The summed E-state index contributed by atoms with van der Waals surface area (Å²) in [6.07, 6.45) is 4.55. The van der Waals surface area contributed by atoms with E-state index in [0.29, 0.717) is 12.4 Å². The van der Waals surface area contributed by atoms with Crippen LogP contribution in [0.15, 0.2) is 31.0 Å². The zero-order valence-electron chi connectivity index (χ0n) is 10.8. The predicted molar refractivity (Wildman–Crippen MR) is 67.4 cm³/mol. The molecule has 1 N–H and O–H groups in total. The summed E-state index contributed by atoms with van der Waals surface area (Å²) in [6, 6.07) is 3.24. The van der Waals surface area contributed by atoms with Crippen molar-refractivity contribution < 1.29 is 9.53 Å². The predicted octanol–water partition coefficient (Wildman–Crippen LogP) is 0.559. The third kappa shape index (κ3) is 3.06. The van der Waals surface area contributed by atoms with Crippen LogP contribution in [-0.2, 0) is 11.3 Å². The Morgan fingerprint density at radius 3 is 3.11 bits per heavy atom. The van der Waals surface area contributed by atoms with E-state index in [-0.39, 0.29) is 5.91 Å². The maximum Gasteiger partial charge on any atom is 0.244 e. The molecule has 2 rings (SSSR count). The quantitative estimate of drug-likeness (QED) is 0.850. The van der Waals surface area contributed by atoms with E-state index in [1.54, 1.807) is 26.3 Å². The van der Waals surface area contributed by atoms with E-state index in [2.05, 4.69) is 20.4 Å². The monoisotopic (exact) mass is 261 g/mol. The minimum absolute atomic E-state index is 0.142. The second-order valence-electron chi connectivity index (χ2n) is 3.94. The summed E-state index contributed by atoms with van der Waals surface area (Å²) in [6.45, 7) is 2.11. The van der Waals surface area contributed by atoms with Gasteiger partial charge in [0, 0.05) is 18.3 Å². The van der Waals surface area contributed by atoms with Gasteiger partial charge < -0.3 is 10.1 Å². The molecule has 7 nitrogen and oxygen atoms in total. The van der Waals surface area contributed by atoms with Crippen molar-refractivity contribution in [3.63, 3.8) is 0 Å². The highest BCUT2D eigenvalue weighted by Gasteiger charge is 2.15. The minimum Gasteiger partial charge on any atom is -0.481 e. The van der Waals surface area contributed by atoms with Gasteiger partial charge in [-0.25, -0.2) is 14.6 Å². The fourth-order valence-corrected chi connectivity index (χ4v) is 1.61. The van der Waals surface area contributed by atoms with E-state index in [1.807, 2.05) is 6.07 Å². The van der Waals surface area contributed by atoms with Crippen LogP contribution in [-0.4, -0.2) is 32.8 Å². The Kier molecular flexibility index (Phi) is 4.07. The lowest BCUT2D eigenvalue weighted by Gasteiger charge is -2.13. The van der Waals surface area contributed by atoms with Crippen LogP contribution in [0.25, 0.3) is 0 Å². The van der Waals surface area contributed by atoms with E-state index in [9.17, 15) is 4.79 Å². The van der Waals surface area contributed by atoms with Crippen LogP contribution in [0.5, 0.6) is 5.88 Å². The number of hydrogen-bond donors (Lipinski definition) is 1. The molecule has 100 valence electrons. The Bertz CT molecular complexity index is 541. The standard InChI is InChI=1S/C12H15N5O2/c1-9(17-8-13-7-16-17)11(18)15-6-10-4-3-5-14-12(10)19-2/h3-5,7-9H,6H2,1-2H3,(H,15,18). The zero-order chi connectivity index (χ0) is 13.7. The average Bonchev–Trinajstić information content (AvgIpc) is 2.98. The summed E-state index contributed by atoms with van der Waals surface area (Å²) < 4.78 is 6.62. The van der Waals surface area contributed by atoms with Crippen molar-refractivity contribution in [2.75, 3.05) is 7.11 Å². The summed E-state index contributed by atoms with van der Waals surface area (Å²) in [5, 5.41) is 6.75. The van der Waals surface area contributed by atoms with Crippen molar-refractivity contribution in [1.29, 1.82) is 0 Å². The fourth-order valence-electron chi connectivity index (χ4n) is 1.61. The van der Waals surface area contributed by atoms with Crippen LogP contribution in [0, 0.1) is 0 Å². The fraction of sp³-hybridized carbons (Fsp3) is 0.333. The van der Waals surface area contributed by atoms with Gasteiger partial charge in [0.2, 0.25) is 11.8 Å². The van der Waals surface area contributed by atoms with Crippen LogP contribution >= 0.6 is 0 Å². The molecular formula is C12H15N5O2. The molecule has 2 heterocycles. The number of hydrogen-bond acceptors (Lipinski definition) is 5. The highest BCUT2D eigenvalue weighted by Crippen LogP contribution is 2.13. The molecule has 1 unspecified atom stereocenters. The highest BCUT2D eigenvalue weighted by molar-refractivity contribution is 5.79. The van der Waals surface area contributed by atoms with E-state index in [1.165, 1.54) is 17.3 Å². The number of amides is 1. The van der Waals surface area contributed by atoms with E-state index in [4.69, 9.17) is 4.74 Å². The number of ether oxygens (including phenoxy) is 1. The molecule has 0 spiro atoms. The molecule has 0 aliphatic carbocycles. The van der Waals surface area contributed by atoms with Crippen molar-refractivity contribution in [3.05, 3.63) is 36.5 Å². The molecule has 0 bridgehead atoms. The molecule has 0 aliphatic rings. The number of carbonyl (C=O) groups is 1. The summed E-state index contributed by atoms with van der Waals surface area (Å²) in [7, 11) is 1.55. The normalized spacial score (nSPS) is 11.9. The van der Waals surface area contributed by atoms with Crippen LogP contribution in [0.4, 0.5) is 0 Å². The first-order chi connectivity index (χ1) is 9.22. The molecule has 7 heteroatoms. The number of rotatable bonds is 5. The molecule has 19 heavy (non-hydrogen) atoms. The molecule has 0 radical (unpaired) electrons. The molecular weight excluding hydrogens is 246 g/mol. The summed E-state index contributed by atoms with van der Waals surface area (Å²) >= 11 is 0. The van der Waals surface area contributed by atoms with Gasteiger partial charge in [-0.2, -0.15) is 5.10 Å².